The van der Waals surface area contributed by atoms with Gasteiger partial charge in [-0.2, -0.15) is 0 Å². The molecule has 1 aliphatic heterocycles. The lowest BCUT2D eigenvalue weighted by Gasteiger charge is -2.22. The third-order valence-corrected chi connectivity index (χ3v) is 4.62. The van der Waals surface area contributed by atoms with Gasteiger partial charge in [0.1, 0.15) is 0 Å². The molecule has 0 fully saturated rings. The number of rotatable bonds is 4. The number of amides is 1. The number of nitrogens with one attached hydrogen (secondary N) is 1. The van der Waals surface area contributed by atoms with E-state index in [1.807, 2.05) is 24.3 Å². The molecule has 6 heteroatoms. The second-order valence-electron chi connectivity index (χ2n) is 5.97. The van der Waals surface area contributed by atoms with E-state index in [1.165, 1.54) is 0 Å². The predicted octanol–water partition coefficient (Wildman–Crippen LogP) is 1.71. The number of benzene rings is 1. The molecule has 2 atom stereocenters. The fraction of sp³-hybridized carbons (Fsp3) is 0.533. The summed E-state index contributed by atoms with van der Waals surface area (Å²) in [6.45, 7) is 6.45. The summed E-state index contributed by atoms with van der Waals surface area (Å²) in [6, 6.07) is 7.07. The Morgan fingerprint density at radius 2 is 1.90 bits per heavy atom. The van der Waals surface area contributed by atoms with Crippen LogP contribution in [0.3, 0.4) is 0 Å². The number of nitrogens with zero attached hydrogens (tertiary/aromatic N) is 1. The fourth-order valence-corrected chi connectivity index (χ4v) is 3.57. The smallest absolute Gasteiger partial charge is 0.244 e. The second kappa shape index (κ2) is 5.77. The van der Waals surface area contributed by atoms with Gasteiger partial charge in [-0.05, 0) is 24.5 Å². The van der Waals surface area contributed by atoms with E-state index in [9.17, 15) is 13.2 Å². The summed E-state index contributed by atoms with van der Waals surface area (Å²) < 4.78 is 24.9. The fourth-order valence-electron chi connectivity index (χ4n) is 2.82. The Kier molecular flexibility index (Phi) is 4.39. The summed E-state index contributed by atoms with van der Waals surface area (Å²) >= 11 is 0. The third-order valence-electron chi connectivity index (χ3n) is 3.84. The molecule has 0 bridgehead atoms. The summed E-state index contributed by atoms with van der Waals surface area (Å²) in [4.78, 5) is 14.3. The highest BCUT2D eigenvalue weighted by atomic mass is 32.2. The Morgan fingerprint density at radius 1 is 1.29 bits per heavy atom. The van der Waals surface area contributed by atoms with Gasteiger partial charge in [-0.3, -0.25) is 4.79 Å². The monoisotopic (exact) mass is 310 g/mol. The van der Waals surface area contributed by atoms with Crippen LogP contribution in [0.4, 0.5) is 5.69 Å². The molecule has 5 nitrogen and oxygen atoms in total. The lowest BCUT2D eigenvalue weighted by molar-refractivity contribution is -0.119. The number of carbonyl (C=O) groups is 1. The summed E-state index contributed by atoms with van der Waals surface area (Å²) in [6.07, 6.45) is 1.06. The Hall–Kier alpha value is -1.40. The molecule has 0 aliphatic carbocycles. The van der Waals surface area contributed by atoms with Gasteiger partial charge >= 0.3 is 0 Å². The topological polar surface area (TPSA) is 66.5 Å². The van der Waals surface area contributed by atoms with Gasteiger partial charge in [0.25, 0.3) is 0 Å². The molecular weight excluding hydrogens is 288 g/mol. The zero-order valence-corrected chi connectivity index (χ0v) is 13.6. The Bertz CT molecular complexity index is 640. The van der Waals surface area contributed by atoms with Crippen molar-refractivity contribution in [1.82, 2.24) is 4.72 Å². The maximum Gasteiger partial charge on any atom is 0.244 e. The van der Waals surface area contributed by atoms with Crippen molar-refractivity contribution in [1.29, 1.82) is 0 Å². The van der Waals surface area contributed by atoms with Crippen molar-refractivity contribution < 1.29 is 13.2 Å². The first-order valence-corrected chi connectivity index (χ1v) is 8.97. The molecule has 116 valence electrons. The molecule has 1 N–H and O–H groups in total. The Labute approximate surface area is 126 Å². The highest BCUT2D eigenvalue weighted by Gasteiger charge is 2.35. The molecule has 1 heterocycles. The highest BCUT2D eigenvalue weighted by molar-refractivity contribution is 7.88. The van der Waals surface area contributed by atoms with Crippen LogP contribution in [0.5, 0.6) is 0 Å². The van der Waals surface area contributed by atoms with E-state index in [-0.39, 0.29) is 11.8 Å². The average molecular weight is 310 g/mol. The van der Waals surface area contributed by atoms with Gasteiger partial charge in [-0.1, -0.05) is 32.0 Å². The molecule has 1 aromatic carbocycles. The van der Waals surface area contributed by atoms with Crippen molar-refractivity contribution in [2.24, 2.45) is 5.92 Å². The molecule has 21 heavy (non-hydrogen) atoms. The summed E-state index contributed by atoms with van der Waals surface area (Å²) in [5, 5.41) is 0. The van der Waals surface area contributed by atoms with E-state index in [1.54, 1.807) is 11.8 Å². The van der Waals surface area contributed by atoms with Gasteiger partial charge in [0.2, 0.25) is 15.9 Å². The minimum absolute atomic E-state index is 0.212. The summed E-state index contributed by atoms with van der Waals surface area (Å²) in [5.74, 6) is 0.494. The number of para-hydroxylation sites is 1. The first kappa shape index (κ1) is 16.0. The van der Waals surface area contributed by atoms with Gasteiger partial charge in [0, 0.05) is 18.2 Å². The Balaban J connectivity index is 2.28. The zero-order valence-electron chi connectivity index (χ0n) is 12.8. The number of carbonyl (C=O) groups excluding carboxylic acids is 1. The Morgan fingerprint density at radius 3 is 2.48 bits per heavy atom. The summed E-state index contributed by atoms with van der Waals surface area (Å²) in [7, 11) is -3.40. The van der Waals surface area contributed by atoms with Crippen LogP contribution in [-0.4, -0.2) is 33.2 Å². The minimum Gasteiger partial charge on any atom is -0.310 e. The number of fused-ring (bicyclic) bond motifs is 1. The maximum atomic E-state index is 12.6. The van der Waals surface area contributed by atoms with E-state index >= 15 is 0 Å². The van der Waals surface area contributed by atoms with Crippen LogP contribution < -0.4 is 9.62 Å². The molecule has 0 aromatic heterocycles. The van der Waals surface area contributed by atoms with Crippen LogP contribution in [0.15, 0.2) is 24.3 Å². The molecule has 1 aromatic rings. The van der Waals surface area contributed by atoms with Crippen molar-refractivity contribution >= 4 is 21.6 Å². The second-order valence-corrected chi connectivity index (χ2v) is 7.75. The predicted molar refractivity (Wildman–Crippen MR) is 83.8 cm³/mol. The lowest BCUT2D eigenvalue weighted by atomic mass is 9.90. The van der Waals surface area contributed by atoms with Gasteiger partial charge in [0.15, 0.2) is 0 Å². The first-order valence-electron chi connectivity index (χ1n) is 7.08. The number of hydrogen-bond donors (Lipinski definition) is 1. The largest absolute Gasteiger partial charge is 0.310 e. The maximum absolute atomic E-state index is 12.6. The standard InChI is InChI=1S/C15H22N2O3S/c1-10(2)13-9-17(14-8-6-5-7-12(13)14)15(18)11(3)16-21(4,19)20/h5-8,10-11,13,16H,9H2,1-4H3/t11-,13+/m0/s1. The lowest BCUT2D eigenvalue weighted by Crippen LogP contribution is -2.46. The van der Waals surface area contributed by atoms with Crippen LogP contribution in [-0.2, 0) is 14.8 Å². The van der Waals surface area contributed by atoms with Crippen LogP contribution in [0, 0.1) is 5.92 Å². The van der Waals surface area contributed by atoms with E-state index in [2.05, 4.69) is 18.6 Å². The first-order chi connectivity index (χ1) is 9.70. The van der Waals surface area contributed by atoms with Crippen LogP contribution >= 0.6 is 0 Å². The van der Waals surface area contributed by atoms with E-state index in [0.717, 1.165) is 17.5 Å². The number of hydrogen-bond acceptors (Lipinski definition) is 3. The number of sulfonamides is 1. The molecule has 0 saturated carbocycles. The molecule has 0 spiro atoms. The van der Waals surface area contributed by atoms with E-state index in [0.29, 0.717) is 12.5 Å². The molecular formula is C15H22N2O3S. The van der Waals surface area contributed by atoms with Crippen molar-refractivity contribution in [3.63, 3.8) is 0 Å². The SMILES string of the molecule is CC(C)[C@H]1CN(C(=O)[C@H](C)NS(C)(=O)=O)c2ccccc21. The van der Waals surface area contributed by atoms with Crippen molar-refractivity contribution in [2.75, 3.05) is 17.7 Å². The molecule has 1 amide bonds. The van der Waals surface area contributed by atoms with Crippen LogP contribution in [0.2, 0.25) is 0 Å². The summed E-state index contributed by atoms with van der Waals surface area (Å²) in [5.41, 5.74) is 2.05. The van der Waals surface area contributed by atoms with E-state index in [4.69, 9.17) is 0 Å². The molecule has 0 saturated heterocycles. The minimum atomic E-state index is -3.40. The molecule has 2 rings (SSSR count). The van der Waals surface area contributed by atoms with Gasteiger partial charge < -0.3 is 4.90 Å². The number of anilines is 1. The highest BCUT2D eigenvalue weighted by Crippen LogP contribution is 2.40. The third kappa shape index (κ3) is 3.44. The van der Waals surface area contributed by atoms with Gasteiger partial charge in [0.05, 0.1) is 12.3 Å². The van der Waals surface area contributed by atoms with Crippen LogP contribution in [0.1, 0.15) is 32.3 Å². The van der Waals surface area contributed by atoms with Crippen molar-refractivity contribution in [2.45, 2.75) is 32.7 Å². The molecule has 0 radical (unpaired) electrons. The molecule has 0 unspecified atom stereocenters. The normalized spacial score (nSPS) is 19.7. The van der Waals surface area contributed by atoms with E-state index < -0.39 is 16.1 Å². The van der Waals surface area contributed by atoms with Crippen molar-refractivity contribution in [3.05, 3.63) is 29.8 Å². The van der Waals surface area contributed by atoms with Gasteiger partial charge in [-0.15, -0.1) is 0 Å². The molecule has 1 aliphatic rings. The zero-order chi connectivity index (χ0) is 15.8. The quantitative estimate of drug-likeness (QED) is 0.920. The van der Waals surface area contributed by atoms with Crippen molar-refractivity contribution in [3.8, 4) is 0 Å². The van der Waals surface area contributed by atoms with Gasteiger partial charge in [-0.25, -0.2) is 13.1 Å². The average Bonchev–Trinajstić information content (AvgIpc) is 2.75. The van der Waals surface area contributed by atoms with Crippen LogP contribution in [0.25, 0.3) is 0 Å².